The lowest BCUT2D eigenvalue weighted by atomic mass is 9.91. The summed E-state index contributed by atoms with van der Waals surface area (Å²) in [6.45, 7) is 0. The van der Waals surface area contributed by atoms with Crippen molar-refractivity contribution in [3.63, 3.8) is 0 Å². The highest BCUT2D eigenvalue weighted by Gasteiger charge is 2.39. The summed E-state index contributed by atoms with van der Waals surface area (Å²) in [6.07, 6.45) is -0.296. The summed E-state index contributed by atoms with van der Waals surface area (Å²) >= 11 is 0. The zero-order valence-corrected chi connectivity index (χ0v) is 10.9. The van der Waals surface area contributed by atoms with E-state index in [1.54, 1.807) is 18.2 Å². The van der Waals surface area contributed by atoms with E-state index in [1.807, 2.05) is 0 Å². The summed E-state index contributed by atoms with van der Waals surface area (Å²) < 4.78 is 63.1. The van der Waals surface area contributed by atoms with E-state index in [0.29, 0.717) is 11.1 Å². The Kier molecular flexibility index (Phi) is 3.22. The molecule has 0 fully saturated rings. The van der Waals surface area contributed by atoms with Gasteiger partial charge in [-0.25, -0.2) is 0 Å². The molecule has 0 heterocycles. The van der Waals surface area contributed by atoms with Gasteiger partial charge in [-0.15, -0.1) is 0 Å². The molecule has 0 amide bonds. The van der Waals surface area contributed by atoms with Crippen molar-refractivity contribution >= 4 is 20.2 Å². The molecule has 1 aliphatic carbocycles. The first-order valence-corrected chi connectivity index (χ1v) is 8.20. The van der Waals surface area contributed by atoms with E-state index in [0.717, 1.165) is 0 Å². The van der Waals surface area contributed by atoms with Crippen molar-refractivity contribution in [1.82, 2.24) is 0 Å². The van der Waals surface area contributed by atoms with Crippen LogP contribution in [0.5, 0.6) is 0 Å². The molecule has 8 heteroatoms. The molecule has 2 rings (SSSR count). The van der Waals surface area contributed by atoms with Crippen molar-refractivity contribution in [2.24, 2.45) is 0 Å². The van der Waals surface area contributed by atoms with Crippen LogP contribution in [-0.2, 0) is 26.7 Å². The van der Waals surface area contributed by atoms with Gasteiger partial charge in [0.1, 0.15) is 5.25 Å². The first-order chi connectivity index (χ1) is 8.19. The van der Waals surface area contributed by atoms with E-state index in [1.165, 1.54) is 6.07 Å². The summed E-state index contributed by atoms with van der Waals surface area (Å²) in [5, 5.41) is -2.52. The van der Waals surface area contributed by atoms with Gasteiger partial charge in [0.15, 0.2) is 0 Å². The number of benzene rings is 1. The molecule has 0 aromatic heterocycles. The Bertz CT molecular complexity index is 661. The van der Waals surface area contributed by atoms with Crippen LogP contribution in [0.1, 0.15) is 22.8 Å². The van der Waals surface area contributed by atoms with Gasteiger partial charge < -0.3 is 0 Å². The van der Waals surface area contributed by atoms with Crippen molar-refractivity contribution in [1.29, 1.82) is 0 Å². The zero-order valence-electron chi connectivity index (χ0n) is 9.22. The third-order valence-corrected chi connectivity index (χ3v) is 5.47. The van der Waals surface area contributed by atoms with Gasteiger partial charge in [0.05, 0.1) is 5.25 Å². The van der Waals surface area contributed by atoms with Gasteiger partial charge >= 0.3 is 0 Å². The molecule has 0 aliphatic heterocycles. The number of rotatable bonds is 2. The summed E-state index contributed by atoms with van der Waals surface area (Å²) in [5.41, 5.74) is 0.897. The topological polar surface area (TPSA) is 109 Å². The highest BCUT2D eigenvalue weighted by atomic mass is 32.2. The van der Waals surface area contributed by atoms with Gasteiger partial charge in [-0.05, 0) is 24.0 Å². The second-order valence-corrected chi connectivity index (χ2v) is 7.57. The van der Waals surface area contributed by atoms with E-state index < -0.39 is 30.7 Å². The van der Waals surface area contributed by atoms with Crippen LogP contribution in [0.25, 0.3) is 0 Å². The van der Waals surface area contributed by atoms with E-state index in [-0.39, 0.29) is 12.8 Å². The molecule has 100 valence electrons. The molecule has 2 N–H and O–H groups in total. The highest BCUT2D eigenvalue weighted by molar-refractivity contribution is 7.87. The van der Waals surface area contributed by atoms with Crippen molar-refractivity contribution < 1.29 is 25.9 Å². The van der Waals surface area contributed by atoms with E-state index in [2.05, 4.69) is 0 Å². The molecule has 0 spiro atoms. The van der Waals surface area contributed by atoms with Gasteiger partial charge in [0.25, 0.3) is 20.2 Å². The minimum absolute atomic E-state index is 0.0427. The summed E-state index contributed by atoms with van der Waals surface area (Å²) in [6, 6.07) is 6.38. The van der Waals surface area contributed by atoms with Gasteiger partial charge in [-0.3, -0.25) is 9.11 Å². The Morgan fingerprint density at radius 1 is 1.00 bits per heavy atom. The van der Waals surface area contributed by atoms with Gasteiger partial charge in [-0.1, -0.05) is 24.3 Å². The van der Waals surface area contributed by atoms with E-state index in [9.17, 15) is 16.8 Å². The van der Waals surface area contributed by atoms with Crippen molar-refractivity contribution in [2.45, 2.75) is 23.3 Å². The SMILES string of the molecule is O=S(=O)(O)C1Cc2ccccc2C(S(=O)(=O)O)C1. The van der Waals surface area contributed by atoms with Crippen molar-refractivity contribution in [2.75, 3.05) is 0 Å². The molecule has 0 saturated heterocycles. The zero-order chi connectivity index (χ0) is 13.6. The van der Waals surface area contributed by atoms with Crippen molar-refractivity contribution in [3.05, 3.63) is 35.4 Å². The minimum Gasteiger partial charge on any atom is -0.285 e. The number of hydrogen-bond acceptors (Lipinski definition) is 4. The maximum absolute atomic E-state index is 11.3. The lowest BCUT2D eigenvalue weighted by Gasteiger charge is -2.27. The molecule has 2 unspecified atom stereocenters. The maximum Gasteiger partial charge on any atom is 0.272 e. The minimum atomic E-state index is -4.41. The number of fused-ring (bicyclic) bond motifs is 1. The summed E-state index contributed by atoms with van der Waals surface area (Å²) in [7, 11) is -8.75. The van der Waals surface area contributed by atoms with Crippen LogP contribution in [0.3, 0.4) is 0 Å². The number of hydrogen-bond donors (Lipinski definition) is 2. The Labute approximate surface area is 105 Å². The molecule has 18 heavy (non-hydrogen) atoms. The quantitative estimate of drug-likeness (QED) is 0.781. The second-order valence-electron chi connectivity index (χ2n) is 4.28. The summed E-state index contributed by atoms with van der Waals surface area (Å²) in [5.74, 6) is 0. The van der Waals surface area contributed by atoms with Crippen LogP contribution in [0.2, 0.25) is 0 Å². The predicted molar refractivity (Wildman–Crippen MR) is 64.4 cm³/mol. The fraction of sp³-hybridized carbons (Fsp3) is 0.400. The molecular weight excluding hydrogens is 280 g/mol. The molecule has 0 saturated carbocycles. The van der Waals surface area contributed by atoms with Gasteiger partial charge in [-0.2, -0.15) is 16.8 Å². The molecule has 0 radical (unpaired) electrons. The average molecular weight is 292 g/mol. The molecular formula is C10H12O6S2. The van der Waals surface area contributed by atoms with E-state index >= 15 is 0 Å². The Hall–Kier alpha value is -0.960. The van der Waals surface area contributed by atoms with E-state index in [4.69, 9.17) is 9.11 Å². The van der Waals surface area contributed by atoms with Gasteiger partial charge in [0, 0.05) is 0 Å². The normalized spacial score (nSPS) is 24.6. The smallest absolute Gasteiger partial charge is 0.272 e. The highest BCUT2D eigenvalue weighted by Crippen LogP contribution is 2.37. The average Bonchev–Trinajstić information content (AvgIpc) is 2.25. The third-order valence-electron chi connectivity index (χ3n) is 3.11. The monoisotopic (exact) mass is 292 g/mol. The molecule has 1 aliphatic rings. The summed E-state index contributed by atoms with van der Waals surface area (Å²) in [4.78, 5) is 0. The fourth-order valence-electron chi connectivity index (χ4n) is 2.24. The lowest BCUT2D eigenvalue weighted by Crippen LogP contribution is -2.32. The molecule has 0 bridgehead atoms. The molecule has 1 aromatic rings. The van der Waals surface area contributed by atoms with Crippen LogP contribution in [0.15, 0.2) is 24.3 Å². The largest absolute Gasteiger partial charge is 0.285 e. The van der Waals surface area contributed by atoms with Crippen molar-refractivity contribution in [3.8, 4) is 0 Å². The predicted octanol–water partition coefficient (Wildman–Crippen LogP) is 0.818. The van der Waals surface area contributed by atoms with Crippen LogP contribution in [0, 0.1) is 0 Å². The second kappa shape index (κ2) is 4.30. The third kappa shape index (κ3) is 2.56. The Morgan fingerprint density at radius 3 is 2.17 bits per heavy atom. The fourth-order valence-corrected chi connectivity index (χ4v) is 4.21. The standard InChI is InChI=1S/C10H12O6S2/c11-17(12,13)8-5-7-3-1-2-4-9(7)10(6-8)18(14,15)16/h1-4,8,10H,5-6H2,(H,11,12,13)(H,14,15,16). The molecule has 1 aromatic carbocycles. The van der Waals surface area contributed by atoms with Crippen LogP contribution in [-0.4, -0.2) is 31.2 Å². The van der Waals surface area contributed by atoms with Crippen LogP contribution in [0.4, 0.5) is 0 Å². The molecule has 6 nitrogen and oxygen atoms in total. The van der Waals surface area contributed by atoms with Crippen LogP contribution >= 0.6 is 0 Å². The Morgan fingerprint density at radius 2 is 1.61 bits per heavy atom. The Balaban J connectivity index is 2.55. The maximum atomic E-state index is 11.3. The van der Waals surface area contributed by atoms with Crippen LogP contribution < -0.4 is 0 Å². The lowest BCUT2D eigenvalue weighted by molar-refractivity contribution is 0.438. The first kappa shape index (κ1) is 13.5. The first-order valence-electron chi connectivity index (χ1n) is 5.20. The molecule has 2 atom stereocenters. The van der Waals surface area contributed by atoms with Gasteiger partial charge in [0.2, 0.25) is 0 Å².